The van der Waals surface area contributed by atoms with Gasteiger partial charge in [0.15, 0.2) is 0 Å². The van der Waals surface area contributed by atoms with E-state index in [0.29, 0.717) is 18.5 Å². The maximum Gasteiger partial charge on any atom is 0.404 e. The SMILES string of the molecule is CC[C@]1(O)[C@H](NC(=O)O)C[C@H](c2ccncc2N)O[C@@H]1C. The lowest BCUT2D eigenvalue weighted by atomic mass is 9.79. The standard InChI is InChI=1S/C14H21N3O4/c1-3-14(20)8(2)21-11(6-12(14)17-13(18)19)9-4-5-16-7-10(9)15/h4-5,7-8,11-12,17,20H,3,6,15H2,1-2H3,(H,18,19)/t8-,11-,12-,14-/m1/s1. The molecule has 0 aliphatic carbocycles. The quantitative estimate of drug-likeness (QED) is 0.667. The molecule has 0 spiro atoms. The number of hydrogen-bond acceptors (Lipinski definition) is 5. The summed E-state index contributed by atoms with van der Waals surface area (Å²) >= 11 is 0. The molecule has 1 aromatic rings. The monoisotopic (exact) mass is 295 g/mol. The minimum absolute atomic E-state index is 0.315. The van der Waals surface area contributed by atoms with E-state index in [9.17, 15) is 9.90 Å². The first-order valence-corrected chi connectivity index (χ1v) is 6.95. The Labute approximate surface area is 123 Å². The van der Waals surface area contributed by atoms with Crippen molar-refractivity contribution in [3.05, 3.63) is 24.0 Å². The molecule has 1 saturated heterocycles. The summed E-state index contributed by atoms with van der Waals surface area (Å²) in [5.74, 6) is 0. The van der Waals surface area contributed by atoms with Gasteiger partial charge in [0.1, 0.15) is 5.60 Å². The van der Waals surface area contributed by atoms with Crippen molar-refractivity contribution in [2.24, 2.45) is 0 Å². The molecule has 2 heterocycles. The molecular formula is C14H21N3O4. The molecule has 2 rings (SSSR count). The fourth-order valence-corrected chi connectivity index (χ4v) is 2.90. The number of ether oxygens (including phenoxy) is 1. The number of anilines is 1. The van der Waals surface area contributed by atoms with Crippen LogP contribution in [0.4, 0.5) is 10.5 Å². The Balaban J connectivity index is 2.29. The lowest BCUT2D eigenvalue weighted by molar-refractivity contribution is -0.185. The van der Waals surface area contributed by atoms with Crippen LogP contribution in [0.3, 0.4) is 0 Å². The highest BCUT2D eigenvalue weighted by Crippen LogP contribution is 2.40. The van der Waals surface area contributed by atoms with E-state index in [1.807, 2.05) is 0 Å². The van der Waals surface area contributed by atoms with Crippen LogP contribution in [-0.2, 0) is 4.74 Å². The van der Waals surface area contributed by atoms with E-state index < -0.39 is 23.8 Å². The number of pyridine rings is 1. The van der Waals surface area contributed by atoms with E-state index >= 15 is 0 Å². The van der Waals surface area contributed by atoms with Crippen LogP contribution in [0.25, 0.3) is 0 Å². The Morgan fingerprint density at radius 1 is 1.67 bits per heavy atom. The number of carboxylic acid groups (broad SMARTS) is 1. The number of aliphatic hydroxyl groups is 1. The van der Waals surface area contributed by atoms with Crippen LogP contribution in [0, 0.1) is 0 Å². The summed E-state index contributed by atoms with van der Waals surface area (Å²) in [7, 11) is 0. The molecule has 0 radical (unpaired) electrons. The number of nitrogens with zero attached hydrogens (tertiary/aromatic N) is 1. The van der Waals surface area contributed by atoms with Crippen LogP contribution in [-0.4, -0.2) is 39.0 Å². The Hall–Kier alpha value is -1.86. The fourth-order valence-electron chi connectivity index (χ4n) is 2.90. The molecule has 21 heavy (non-hydrogen) atoms. The second-order valence-electron chi connectivity index (χ2n) is 5.35. The molecule has 0 bridgehead atoms. The minimum atomic E-state index is -1.24. The largest absolute Gasteiger partial charge is 0.465 e. The van der Waals surface area contributed by atoms with Gasteiger partial charge in [0.05, 0.1) is 30.1 Å². The number of aromatic nitrogens is 1. The van der Waals surface area contributed by atoms with Gasteiger partial charge in [-0.25, -0.2) is 4.79 Å². The zero-order valence-electron chi connectivity index (χ0n) is 12.1. The predicted molar refractivity (Wildman–Crippen MR) is 76.7 cm³/mol. The van der Waals surface area contributed by atoms with Crippen LogP contribution in [0.5, 0.6) is 0 Å². The van der Waals surface area contributed by atoms with Crippen LogP contribution >= 0.6 is 0 Å². The highest BCUT2D eigenvalue weighted by atomic mass is 16.5. The zero-order chi connectivity index (χ0) is 15.6. The Kier molecular flexibility index (Phi) is 4.34. The summed E-state index contributed by atoms with van der Waals surface area (Å²) < 4.78 is 5.88. The summed E-state index contributed by atoms with van der Waals surface area (Å²) in [6.07, 6.45) is 1.77. The fraction of sp³-hybridized carbons (Fsp3) is 0.571. The van der Waals surface area contributed by atoms with E-state index in [-0.39, 0.29) is 6.10 Å². The second-order valence-corrected chi connectivity index (χ2v) is 5.35. The third-order valence-electron chi connectivity index (χ3n) is 4.22. The molecule has 1 aromatic heterocycles. The van der Waals surface area contributed by atoms with Crippen LogP contribution < -0.4 is 11.1 Å². The van der Waals surface area contributed by atoms with Gasteiger partial charge in [0.2, 0.25) is 0 Å². The predicted octanol–water partition coefficient (Wildman–Crippen LogP) is 1.29. The van der Waals surface area contributed by atoms with E-state index in [1.54, 1.807) is 26.1 Å². The summed E-state index contributed by atoms with van der Waals surface area (Å²) in [6.45, 7) is 3.54. The Morgan fingerprint density at radius 2 is 2.38 bits per heavy atom. The number of amides is 1. The van der Waals surface area contributed by atoms with Gasteiger partial charge in [-0.05, 0) is 19.4 Å². The molecule has 1 aliphatic rings. The molecule has 4 atom stereocenters. The van der Waals surface area contributed by atoms with Gasteiger partial charge < -0.3 is 26.0 Å². The van der Waals surface area contributed by atoms with Crippen molar-refractivity contribution in [3.8, 4) is 0 Å². The highest BCUT2D eigenvalue weighted by molar-refractivity contribution is 5.65. The molecule has 1 fully saturated rings. The van der Waals surface area contributed by atoms with Gasteiger partial charge >= 0.3 is 6.09 Å². The summed E-state index contributed by atoms with van der Waals surface area (Å²) in [5.41, 5.74) is 5.91. The second kappa shape index (κ2) is 5.87. The van der Waals surface area contributed by atoms with E-state index in [2.05, 4.69) is 10.3 Å². The van der Waals surface area contributed by atoms with Gasteiger partial charge in [-0.2, -0.15) is 0 Å². The van der Waals surface area contributed by atoms with E-state index in [4.69, 9.17) is 15.6 Å². The molecular weight excluding hydrogens is 274 g/mol. The third kappa shape index (κ3) is 2.93. The summed E-state index contributed by atoms with van der Waals surface area (Å²) in [6, 6.07) is 1.13. The van der Waals surface area contributed by atoms with Crippen molar-refractivity contribution < 1.29 is 19.7 Å². The van der Waals surface area contributed by atoms with Crippen LogP contribution in [0.1, 0.15) is 38.4 Å². The highest BCUT2D eigenvalue weighted by Gasteiger charge is 2.48. The van der Waals surface area contributed by atoms with Crippen LogP contribution in [0.2, 0.25) is 0 Å². The van der Waals surface area contributed by atoms with Gasteiger partial charge in [0.25, 0.3) is 0 Å². The maximum atomic E-state index is 11.0. The third-order valence-corrected chi connectivity index (χ3v) is 4.22. The molecule has 116 valence electrons. The topological polar surface area (TPSA) is 118 Å². The molecule has 0 saturated carbocycles. The minimum Gasteiger partial charge on any atom is -0.465 e. The molecule has 5 N–H and O–H groups in total. The first-order valence-electron chi connectivity index (χ1n) is 6.95. The molecule has 0 unspecified atom stereocenters. The normalized spacial score (nSPS) is 32.6. The zero-order valence-corrected chi connectivity index (χ0v) is 12.1. The molecule has 1 amide bonds. The van der Waals surface area contributed by atoms with E-state index in [1.165, 1.54) is 6.20 Å². The average Bonchev–Trinajstić information content (AvgIpc) is 2.43. The number of carbonyl (C=O) groups is 1. The Bertz CT molecular complexity index is 525. The summed E-state index contributed by atoms with van der Waals surface area (Å²) in [5, 5.41) is 22.1. The van der Waals surface area contributed by atoms with Gasteiger partial charge in [0, 0.05) is 18.2 Å². The average molecular weight is 295 g/mol. The van der Waals surface area contributed by atoms with Gasteiger partial charge in [-0.1, -0.05) is 6.92 Å². The molecule has 7 nitrogen and oxygen atoms in total. The first-order chi connectivity index (χ1) is 9.88. The van der Waals surface area contributed by atoms with Gasteiger partial charge in [-0.15, -0.1) is 0 Å². The van der Waals surface area contributed by atoms with Crippen molar-refractivity contribution >= 4 is 11.8 Å². The number of nitrogens with two attached hydrogens (primary N) is 1. The number of hydrogen-bond donors (Lipinski definition) is 4. The molecule has 7 heteroatoms. The number of rotatable bonds is 3. The van der Waals surface area contributed by atoms with Gasteiger partial charge in [-0.3, -0.25) is 4.98 Å². The Morgan fingerprint density at radius 3 is 2.95 bits per heavy atom. The first kappa shape index (κ1) is 15.5. The lowest BCUT2D eigenvalue weighted by Crippen LogP contribution is -2.62. The van der Waals surface area contributed by atoms with Crippen LogP contribution in [0.15, 0.2) is 18.5 Å². The summed E-state index contributed by atoms with van der Waals surface area (Å²) in [4.78, 5) is 14.9. The number of nitrogen functional groups attached to an aromatic ring is 1. The molecule has 0 aromatic carbocycles. The van der Waals surface area contributed by atoms with Crippen molar-refractivity contribution in [3.63, 3.8) is 0 Å². The van der Waals surface area contributed by atoms with Crippen molar-refractivity contribution in [1.82, 2.24) is 10.3 Å². The smallest absolute Gasteiger partial charge is 0.404 e. The van der Waals surface area contributed by atoms with E-state index in [0.717, 1.165) is 5.56 Å². The number of nitrogens with one attached hydrogen (secondary N) is 1. The lowest BCUT2D eigenvalue weighted by Gasteiger charge is -2.47. The van der Waals surface area contributed by atoms with Crippen molar-refractivity contribution in [1.29, 1.82) is 0 Å². The maximum absolute atomic E-state index is 11.0. The van der Waals surface area contributed by atoms with Crippen molar-refractivity contribution in [2.45, 2.75) is 50.5 Å². The molecule has 1 aliphatic heterocycles. The van der Waals surface area contributed by atoms with Crippen molar-refractivity contribution in [2.75, 3.05) is 5.73 Å².